The number of rotatable bonds is 4. The number of halogens is 3. The van der Waals surface area contributed by atoms with Gasteiger partial charge in [-0.3, -0.25) is 4.79 Å². The third kappa shape index (κ3) is 3.96. The van der Waals surface area contributed by atoms with Crippen LogP contribution < -0.4 is 10.1 Å². The fourth-order valence-electron chi connectivity index (χ4n) is 3.08. The molecule has 0 bridgehead atoms. The lowest BCUT2D eigenvalue weighted by Crippen LogP contribution is -2.15. The molecule has 0 saturated carbocycles. The zero-order chi connectivity index (χ0) is 22.9. The number of aromatic nitrogens is 3. The van der Waals surface area contributed by atoms with Crippen molar-refractivity contribution in [2.75, 3.05) is 12.4 Å². The summed E-state index contributed by atoms with van der Waals surface area (Å²) in [5.41, 5.74) is -0.286. The Balaban J connectivity index is 1.81. The van der Waals surface area contributed by atoms with E-state index in [0.29, 0.717) is 27.1 Å². The lowest BCUT2D eigenvalue weighted by Gasteiger charge is -2.12. The molecule has 2 heterocycles. The van der Waals surface area contributed by atoms with Gasteiger partial charge in [-0.25, -0.2) is 9.50 Å². The minimum absolute atomic E-state index is 0.0108. The topological polar surface area (TPSA) is 92.3 Å². The average molecular weight is 437 g/mol. The maximum absolute atomic E-state index is 13.7. The highest BCUT2D eigenvalue weighted by atomic mass is 19.4. The number of alkyl halides is 3. The molecule has 0 saturated heterocycles. The highest BCUT2D eigenvalue weighted by Gasteiger charge is 2.36. The Morgan fingerprint density at radius 1 is 1.16 bits per heavy atom. The van der Waals surface area contributed by atoms with Crippen LogP contribution in [0, 0.1) is 11.3 Å². The van der Waals surface area contributed by atoms with Crippen LogP contribution in [-0.4, -0.2) is 27.6 Å². The summed E-state index contributed by atoms with van der Waals surface area (Å²) in [6.07, 6.45) is -3.70. The van der Waals surface area contributed by atoms with Crippen molar-refractivity contribution in [2.24, 2.45) is 0 Å². The first-order valence-electron chi connectivity index (χ1n) is 9.22. The van der Waals surface area contributed by atoms with Gasteiger partial charge in [-0.1, -0.05) is 12.1 Å². The number of hydrogen-bond acceptors (Lipinski definition) is 5. The molecule has 2 aromatic carbocycles. The monoisotopic (exact) mass is 437 g/mol. The highest BCUT2D eigenvalue weighted by Crippen LogP contribution is 2.33. The van der Waals surface area contributed by atoms with Gasteiger partial charge < -0.3 is 10.1 Å². The molecule has 0 aliphatic heterocycles. The molecule has 0 spiro atoms. The highest BCUT2D eigenvalue weighted by molar-refractivity contribution is 6.08. The first-order chi connectivity index (χ1) is 15.3. The van der Waals surface area contributed by atoms with Crippen molar-refractivity contribution in [3.05, 3.63) is 77.6 Å². The molecule has 0 aliphatic rings. The minimum atomic E-state index is -4.73. The first kappa shape index (κ1) is 20.9. The number of nitrogens with zero attached hydrogens (tertiary/aromatic N) is 4. The normalized spacial score (nSPS) is 11.2. The number of carbonyl (C=O) groups excluding carboxylic acids is 1. The lowest BCUT2D eigenvalue weighted by atomic mass is 10.1. The van der Waals surface area contributed by atoms with Gasteiger partial charge in [0.15, 0.2) is 11.3 Å². The standard InChI is InChI=1S/C22H14F3N5O2/c1-32-16-4-2-3-14(9-16)18-10-19(22(23,24)25)30-20(29-18)17(12-27-30)21(31)28-15-7-5-13(11-26)6-8-15/h2-10,12H,1H3,(H,28,31). The van der Waals surface area contributed by atoms with Crippen LogP contribution in [0.2, 0.25) is 0 Å². The van der Waals surface area contributed by atoms with Gasteiger partial charge in [-0.05, 0) is 42.5 Å². The molecular weight excluding hydrogens is 423 g/mol. The Morgan fingerprint density at radius 2 is 1.91 bits per heavy atom. The van der Waals surface area contributed by atoms with Crippen molar-refractivity contribution >= 4 is 17.2 Å². The maximum atomic E-state index is 13.7. The molecule has 2 aromatic heterocycles. The average Bonchev–Trinajstić information content (AvgIpc) is 3.22. The molecule has 7 nitrogen and oxygen atoms in total. The third-order valence-corrected chi connectivity index (χ3v) is 4.64. The summed E-state index contributed by atoms with van der Waals surface area (Å²) < 4.78 is 47.0. The van der Waals surface area contributed by atoms with Crippen molar-refractivity contribution in [1.29, 1.82) is 5.26 Å². The lowest BCUT2D eigenvalue weighted by molar-refractivity contribution is -0.142. The van der Waals surface area contributed by atoms with E-state index in [1.165, 1.54) is 31.4 Å². The minimum Gasteiger partial charge on any atom is -0.497 e. The summed E-state index contributed by atoms with van der Waals surface area (Å²) in [6, 6.07) is 15.3. The summed E-state index contributed by atoms with van der Waals surface area (Å²) in [5.74, 6) is -0.238. The van der Waals surface area contributed by atoms with Gasteiger partial charge >= 0.3 is 6.18 Å². The smallest absolute Gasteiger partial charge is 0.433 e. The van der Waals surface area contributed by atoms with E-state index in [0.717, 1.165) is 12.3 Å². The number of benzene rings is 2. The van der Waals surface area contributed by atoms with E-state index < -0.39 is 17.8 Å². The fraction of sp³-hybridized carbons (Fsp3) is 0.0909. The number of ether oxygens (including phenoxy) is 1. The van der Waals surface area contributed by atoms with Crippen molar-refractivity contribution in [1.82, 2.24) is 14.6 Å². The second-order valence-electron chi connectivity index (χ2n) is 6.69. The van der Waals surface area contributed by atoms with Crippen molar-refractivity contribution in [2.45, 2.75) is 6.18 Å². The number of carbonyl (C=O) groups is 1. The van der Waals surface area contributed by atoms with Crippen LogP contribution in [-0.2, 0) is 6.18 Å². The number of fused-ring (bicyclic) bond motifs is 1. The second kappa shape index (κ2) is 8.03. The van der Waals surface area contributed by atoms with E-state index >= 15 is 0 Å². The van der Waals surface area contributed by atoms with E-state index in [9.17, 15) is 18.0 Å². The molecule has 10 heteroatoms. The fourth-order valence-corrected chi connectivity index (χ4v) is 3.08. The number of amides is 1. The quantitative estimate of drug-likeness (QED) is 0.506. The van der Waals surface area contributed by atoms with Crippen LogP contribution in [0.15, 0.2) is 60.8 Å². The van der Waals surface area contributed by atoms with Crippen molar-refractivity contribution in [3.63, 3.8) is 0 Å². The van der Waals surface area contributed by atoms with Gasteiger partial charge in [-0.2, -0.15) is 23.5 Å². The molecule has 4 rings (SSSR count). The molecule has 0 aliphatic carbocycles. The summed E-state index contributed by atoms with van der Waals surface area (Å²) in [4.78, 5) is 17.1. The number of anilines is 1. The van der Waals surface area contributed by atoms with Gasteiger partial charge in [0, 0.05) is 11.3 Å². The van der Waals surface area contributed by atoms with E-state index in [1.54, 1.807) is 24.3 Å². The van der Waals surface area contributed by atoms with E-state index in [2.05, 4.69) is 15.4 Å². The van der Waals surface area contributed by atoms with Crippen molar-refractivity contribution in [3.8, 4) is 23.1 Å². The Bertz CT molecular complexity index is 1350. The summed E-state index contributed by atoms with van der Waals surface area (Å²) in [7, 11) is 1.44. The van der Waals surface area contributed by atoms with Gasteiger partial charge in [0.25, 0.3) is 5.91 Å². The molecule has 0 atom stereocenters. The third-order valence-electron chi connectivity index (χ3n) is 4.64. The van der Waals surface area contributed by atoms with Gasteiger partial charge in [0.1, 0.15) is 11.3 Å². The zero-order valence-corrected chi connectivity index (χ0v) is 16.5. The predicted octanol–water partition coefficient (Wildman–Crippen LogP) is 4.55. The maximum Gasteiger partial charge on any atom is 0.433 e. The number of nitrogens with one attached hydrogen (secondary N) is 1. The van der Waals surface area contributed by atoms with Crippen LogP contribution in [0.3, 0.4) is 0 Å². The van der Waals surface area contributed by atoms with Crippen molar-refractivity contribution < 1.29 is 22.7 Å². The zero-order valence-electron chi connectivity index (χ0n) is 16.5. The van der Waals surface area contributed by atoms with Crippen LogP contribution in [0.25, 0.3) is 16.9 Å². The van der Waals surface area contributed by atoms with Crippen LogP contribution in [0.4, 0.5) is 18.9 Å². The molecule has 32 heavy (non-hydrogen) atoms. The molecule has 160 valence electrons. The van der Waals surface area contributed by atoms with Gasteiger partial charge in [-0.15, -0.1) is 0 Å². The van der Waals surface area contributed by atoms with Crippen LogP contribution >= 0.6 is 0 Å². The number of nitriles is 1. The Kier molecular flexibility index (Phi) is 5.24. The molecule has 1 N–H and O–H groups in total. The molecule has 0 radical (unpaired) electrons. The largest absolute Gasteiger partial charge is 0.497 e. The molecular formula is C22H14F3N5O2. The van der Waals surface area contributed by atoms with E-state index in [1.807, 2.05) is 6.07 Å². The molecule has 0 unspecified atom stereocenters. The van der Waals surface area contributed by atoms with Gasteiger partial charge in [0.05, 0.1) is 30.6 Å². The molecule has 1 amide bonds. The first-order valence-corrected chi connectivity index (χ1v) is 9.22. The van der Waals surface area contributed by atoms with Crippen LogP contribution in [0.1, 0.15) is 21.6 Å². The Labute approximate surface area is 179 Å². The summed E-state index contributed by atoms with van der Waals surface area (Å²) in [5, 5.41) is 15.2. The molecule has 0 fully saturated rings. The Hall–Kier alpha value is -4.39. The van der Waals surface area contributed by atoms with Gasteiger partial charge in [0.2, 0.25) is 0 Å². The predicted molar refractivity (Wildman–Crippen MR) is 109 cm³/mol. The molecule has 4 aromatic rings. The summed E-state index contributed by atoms with van der Waals surface area (Å²) in [6.45, 7) is 0. The van der Waals surface area contributed by atoms with E-state index in [4.69, 9.17) is 10.00 Å². The van der Waals surface area contributed by atoms with E-state index in [-0.39, 0.29) is 16.9 Å². The summed E-state index contributed by atoms with van der Waals surface area (Å²) >= 11 is 0. The van der Waals surface area contributed by atoms with Crippen LogP contribution in [0.5, 0.6) is 5.75 Å². The SMILES string of the molecule is COc1cccc(-c2cc(C(F)(F)F)n3ncc(C(=O)Nc4ccc(C#N)cc4)c3n2)c1. The Morgan fingerprint density at radius 3 is 2.56 bits per heavy atom. The number of methoxy groups -OCH3 is 1. The number of hydrogen-bond donors (Lipinski definition) is 1. The second-order valence-corrected chi connectivity index (χ2v) is 6.69.